The van der Waals surface area contributed by atoms with Gasteiger partial charge in [-0.3, -0.25) is 0 Å². The first-order valence-electron chi connectivity index (χ1n) is 7.75. The van der Waals surface area contributed by atoms with Crippen molar-refractivity contribution in [3.63, 3.8) is 0 Å². The summed E-state index contributed by atoms with van der Waals surface area (Å²) >= 11 is 0. The van der Waals surface area contributed by atoms with Crippen LogP contribution in [0.2, 0.25) is 0 Å². The van der Waals surface area contributed by atoms with Crippen LogP contribution in [0, 0.1) is 5.92 Å². The van der Waals surface area contributed by atoms with Gasteiger partial charge in [-0.2, -0.15) is 0 Å². The summed E-state index contributed by atoms with van der Waals surface area (Å²) in [4.78, 5) is 2.49. The summed E-state index contributed by atoms with van der Waals surface area (Å²) in [5.74, 6) is 0.726. The van der Waals surface area contributed by atoms with E-state index in [1.54, 1.807) is 7.11 Å². The molecule has 0 bridgehead atoms. The first-order valence-corrected chi connectivity index (χ1v) is 7.75. The van der Waals surface area contributed by atoms with Crippen molar-refractivity contribution in [3.8, 4) is 0 Å². The molecule has 114 valence electrons. The van der Waals surface area contributed by atoms with Gasteiger partial charge in [0.15, 0.2) is 0 Å². The van der Waals surface area contributed by atoms with Crippen molar-refractivity contribution in [2.45, 2.75) is 33.7 Å². The normalized spacial score (nSPS) is 12.4. The molecule has 1 unspecified atom stereocenters. The van der Waals surface area contributed by atoms with E-state index >= 15 is 0 Å². The third-order valence-corrected chi connectivity index (χ3v) is 3.74. The summed E-state index contributed by atoms with van der Waals surface area (Å²) in [6, 6.07) is 8.70. The van der Waals surface area contributed by atoms with Gasteiger partial charge in [0, 0.05) is 39.0 Å². The fourth-order valence-electron chi connectivity index (χ4n) is 2.27. The standard InChI is InChI=1S/C17H30N2O/c1-5-15(3)14-19(6-2)17-10-8-7-9-16(17)13-18-11-12-20-4/h7-10,15,18H,5-6,11-14H2,1-4H3. The van der Waals surface area contributed by atoms with E-state index in [1.165, 1.54) is 17.7 Å². The van der Waals surface area contributed by atoms with Gasteiger partial charge >= 0.3 is 0 Å². The summed E-state index contributed by atoms with van der Waals surface area (Å²) in [6.07, 6.45) is 1.23. The van der Waals surface area contributed by atoms with E-state index < -0.39 is 0 Å². The van der Waals surface area contributed by atoms with Crippen LogP contribution in [0.15, 0.2) is 24.3 Å². The van der Waals surface area contributed by atoms with Gasteiger partial charge in [0.05, 0.1) is 6.61 Å². The van der Waals surface area contributed by atoms with E-state index in [4.69, 9.17) is 4.74 Å². The topological polar surface area (TPSA) is 24.5 Å². The number of hydrogen-bond donors (Lipinski definition) is 1. The number of para-hydroxylation sites is 1. The highest BCUT2D eigenvalue weighted by Gasteiger charge is 2.11. The molecule has 0 saturated carbocycles. The van der Waals surface area contributed by atoms with Gasteiger partial charge in [0.1, 0.15) is 0 Å². The summed E-state index contributed by atoms with van der Waals surface area (Å²) in [6.45, 7) is 11.5. The molecular formula is C17H30N2O. The zero-order chi connectivity index (χ0) is 14.8. The first-order chi connectivity index (χ1) is 9.72. The third-order valence-electron chi connectivity index (χ3n) is 3.74. The molecule has 0 aliphatic carbocycles. The smallest absolute Gasteiger partial charge is 0.0587 e. The van der Waals surface area contributed by atoms with Gasteiger partial charge in [-0.15, -0.1) is 0 Å². The Bertz CT molecular complexity index is 368. The molecule has 0 heterocycles. The third kappa shape index (κ3) is 5.51. The fourth-order valence-corrected chi connectivity index (χ4v) is 2.27. The van der Waals surface area contributed by atoms with Crippen molar-refractivity contribution < 1.29 is 4.74 Å². The number of methoxy groups -OCH3 is 1. The lowest BCUT2D eigenvalue weighted by molar-refractivity contribution is 0.199. The van der Waals surface area contributed by atoms with Gasteiger partial charge in [-0.1, -0.05) is 38.5 Å². The zero-order valence-corrected chi connectivity index (χ0v) is 13.5. The Kier molecular flexibility index (Phi) is 8.31. The molecule has 20 heavy (non-hydrogen) atoms. The Labute approximate surface area is 124 Å². The van der Waals surface area contributed by atoms with Crippen molar-refractivity contribution in [2.24, 2.45) is 5.92 Å². The van der Waals surface area contributed by atoms with Crippen LogP contribution in [-0.2, 0) is 11.3 Å². The minimum atomic E-state index is 0.726. The minimum absolute atomic E-state index is 0.726. The fraction of sp³-hybridized carbons (Fsp3) is 0.647. The predicted octanol–water partition coefficient (Wildman–Crippen LogP) is 3.30. The summed E-state index contributed by atoms with van der Waals surface area (Å²) in [5, 5.41) is 3.44. The van der Waals surface area contributed by atoms with Crippen molar-refractivity contribution in [2.75, 3.05) is 38.3 Å². The molecule has 3 heteroatoms. The Morgan fingerprint density at radius 3 is 2.65 bits per heavy atom. The Balaban J connectivity index is 2.71. The van der Waals surface area contributed by atoms with Crippen molar-refractivity contribution in [1.29, 1.82) is 0 Å². The molecule has 3 nitrogen and oxygen atoms in total. The van der Waals surface area contributed by atoms with Crippen LogP contribution in [-0.4, -0.2) is 33.4 Å². The predicted molar refractivity (Wildman–Crippen MR) is 87.4 cm³/mol. The van der Waals surface area contributed by atoms with Gasteiger partial charge < -0.3 is 15.0 Å². The van der Waals surface area contributed by atoms with E-state index in [0.717, 1.165) is 38.7 Å². The van der Waals surface area contributed by atoms with Crippen LogP contribution in [0.4, 0.5) is 5.69 Å². The van der Waals surface area contributed by atoms with E-state index in [1.807, 2.05) is 0 Å². The van der Waals surface area contributed by atoms with Crippen LogP contribution in [0.5, 0.6) is 0 Å². The summed E-state index contributed by atoms with van der Waals surface area (Å²) in [7, 11) is 1.74. The second-order valence-corrected chi connectivity index (χ2v) is 5.35. The van der Waals surface area contributed by atoms with E-state index in [9.17, 15) is 0 Å². The number of anilines is 1. The van der Waals surface area contributed by atoms with Crippen molar-refractivity contribution >= 4 is 5.69 Å². The maximum absolute atomic E-state index is 5.07. The lowest BCUT2D eigenvalue weighted by atomic mass is 10.1. The molecule has 1 rings (SSSR count). The Morgan fingerprint density at radius 2 is 2.00 bits per heavy atom. The Morgan fingerprint density at radius 1 is 1.25 bits per heavy atom. The van der Waals surface area contributed by atoms with E-state index in [2.05, 4.69) is 55.3 Å². The number of benzene rings is 1. The highest BCUT2D eigenvalue weighted by Crippen LogP contribution is 2.21. The molecule has 0 aliphatic rings. The van der Waals surface area contributed by atoms with Crippen LogP contribution in [0.3, 0.4) is 0 Å². The van der Waals surface area contributed by atoms with Crippen LogP contribution >= 0.6 is 0 Å². The maximum atomic E-state index is 5.07. The van der Waals surface area contributed by atoms with Gasteiger partial charge in [-0.05, 0) is 24.5 Å². The molecule has 0 saturated heterocycles. The molecule has 0 radical (unpaired) electrons. The molecule has 0 fully saturated rings. The number of nitrogens with zero attached hydrogens (tertiary/aromatic N) is 1. The molecule has 1 aromatic rings. The van der Waals surface area contributed by atoms with Gasteiger partial charge in [0.25, 0.3) is 0 Å². The second kappa shape index (κ2) is 9.78. The van der Waals surface area contributed by atoms with E-state index in [-0.39, 0.29) is 0 Å². The summed E-state index contributed by atoms with van der Waals surface area (Å²) in [5.41, 5.74) is 2.73. The van der Waals surface area contributed by atoms with Gasteiger partial charge in [0.2, 0.25) is 0 Å². The molecule has 0 aliphatic heterocycles. The van der Waals surface area contributed by atoms with Crippen molar-refractivity contribution in [3.05, 3.63) is 29.8 Å². The van der Waals surface area contributed by atoms with Crippen molar-refractivity contribution in [1.82, 2.24) is 5.32 Å². The molecule has 0 aromatic heterocycles. The largest absolute Gasteiger partial charge is 0.383 e. The monoisotopic (exact) mass is 278 g/mol. The maximum Gasteiger partial charge on any atom is 0.0587 e. The minimum Gasteiger partial charge on any atom is -0.383 e. The molecule has 0 spiro atoms. The van der Waals surface area contributed by atoms with Gasteiger partial charge in [-0.25, -0.2) is 0 Å². The molecule has 1 atom stereocenters. The summed E-state index contributed by atoms with van der Waals surface area (Å²) < 4.78 is 5.07. The number of rotatable bonds is 10. The molecule has 1 N–H and O–H groups in total. The number of hydrogen-bond acceptors (Lipinski definition) is 3. The van der Waals surface area contributed by atoms with E-state index in [0.29, 0.717) is 0 Å². The average molecular weight is 278 g/mol. The lowest BCUT2D eigenvalue weighted by Gasteiger charge is -2.28. The lowest BCUT2D eigenvalue weighted by Crippen LogP contribution is -2.30. The molecular weight excluding hydrogens is 248 g/mol. The SMILES string of the molecule is CCC(C)CN(CC)c1ccccc1CNCCOC. The highest BCUT2D eigenvalue weighted by molar-refractivity contribution is 5.53. The molecule has 0 amide bonds. The first kappa shape index (κ1) is 17.0. The highest BCUT2D eigenvalue weighted by atomic mass is 16.5. The van der Waals surface area contributed by atoms with Crippen LogP contribution in [0.25, 0.3) is 0 Å². The number of ether oxygens (including phenoxy) is 1. The Hall–Kier alpha value is -1.06. The zero-order valence-electron chi connectivity index (χ0n) is 13.5. The average Bonchev–Trinajstić information content (AvgIpc) is 2.49. The van der Waals surface area contributed by atoms with Crippen LogP contribution < -0.4 is 10.2 Å². The number of nitrogens with one attached hydrogen (secondary N) is 1. The second-order valence-electron chi connectivity index (χ2n) is 5.35. The quantitative estimate of drug-likeness (QED) is 0.665. The molecule has 1 aromatic carbocycles. The van der Waals surface area contributed by atoms with Crippen LogP contribution in [0.1, 0.15) is 32.8 Å².